The Hall–Kier alpha value is -2.46. The Kier molecular flexibility index (Phi) is 3.78. The monoisotopic (exact) mass is 336 g/mol. The smallest absolute Gasteiger partial charge is 0.368 e. The number of benzene rings is 1. The maximum absolute atomic E-state index is 10.9. The number of nitro benzene ring substituents is 1. The third-order valence-corrected chi connectivity index (χ3v) is 4.33. The summed E-state index contributed by atoms with van der Waals surface area (Å²) in [5.41, 5.74) is -0.332. The third-order valence-electron chi connectivity index (χ3n) is 3.31. The van der Waals surface area contributed by atoms with Gasteiger partial charge in [0.2, 0.25) is 0 Å². The first-order valence-electron chi connectivity index (χ1n) is 6.64. The fourth-order valence-corrected chi connectivity index (χ4v) is 2.84. The first kappa shape index (κ1) is 15.4. The Morgan fingerprint density at radius 1 is 1.30 bits per heavy atom. The molecule has 2 heterocycles. The average molecular weight is 336 g/mol. The summed E-state index contributed by atoms with van der Waals surface area (Å²) >= 11 is 1.21. The molecule has 0 radical (unpaired) electrons. The normalized spacial score (nSPS) is 19.5. The lowest BCUT2D eigenvalue weighted by molar-refractivity contribution is -0.389. The minimum atomic E-state index is -0.549. The summed E-state index contributed by atoms with van der Waals surface area (Å²) in [6.45, 7) is 2.98. The number of rotatable bonds is 6. The zero-order valence-corrected chi connectivity index (χ0v) is 12.9. The highest BCUT2D eigenvalue weighted by Gasteiger charge is 2.41. The summed E-state index contributed by atoms with van der Waals surface area (Å²) in [5.74, 6) is -0.237. The zero-order chi connectivity index (χ0) is 16.6. The van der Waals surface area contributed by atoms with Gasteiger partial charge in [0.1, 0.15) is 11.8 Å². The molecule has 1 aliphatic rings. The minimum absolute atomic E-state index is 0.0115. The largest absolute Gasteiger partial charge is 0.382 e. The van der Waals surface area contributed by atoms with E-state index in [1.165, 1.54) is 30.1 Å². The van der Waals surface area contributed by atoms with Gasteiger partial charge in [-0.3, -0.25) is 14.7 Å². The number of hydrogen-bond acceptors (Lipinski definition) is 7. The molecule has 1 aromatic carbocycles. The predicted molar refractivity (Wildman–Crippen MR) is 80.5 cm³/mol. The highest BCUT2D eigenvalue weighted by molar-refractivity contribution is 7.99. The van der Waals surface area contributed by atoms with Crippen molar-refractivity contribution in [3.63, 3.8) is 0 Å². The third kappa shape index (κ3) is 3.48. The average Bonchev–Trinajstić information content (AvgIpc) is 3.09. The van der Waals surface area contributed by atoms with Crippen LogP contribution in [0.25, 0.3) is 0 Å². The van der Waals surface area contributed by atoms with Gasteiger partial charge >= 0.3 is 5.82 Å². The summed E-state index contributed by atoms with van der Waals surface area (Å²) in [4.78, 5) is 25.3. The summed E-state index contributed by atoms with van der Waals surface area (Å²) in [5, 5.41) is 22.0. The molecule has 1 saturated heterocycles. The van der Waals surface area contributed by atoms with Crippen molar-refractivity contribution in [1.82, 2.24) is 9.55 Å². The molecule has 1 aliphatic heterocycles. The van der Waals surface area contributed by atoms with Gasteiger partial charge in [0.05, 0.1) is 18.1 Å². The van der Waals surface area contributed by atoms with E-state index in [-0.39, 0.29) is 17.1 Å². The topological polar surface area (TPSA) is 117 Å². The molecule has 10 heteroatoms. The van der Waals surface area contributed by atoms with Crippen LogP contribution in [-0.2, 0) is 11.3 Å². The molecule has 0 bridgehead atoms. The van der Waals surface area contributed by atoms with Gasteiger partial charge in [0.15, 0.2) is 0 Å². The molecule has 120 valence electrons. The van der Waals surface area contributed by atoms with E-state index in [9.17, 15) is 20.2 Å². The van der Waals surface area contributed by atoms with Gasteiger partial charge < -0.3 is 14.9 Å². The number of aromatic nitrogens is 2. The lowest BCUT2D eigenvalue weighted by Crippen LogP contribution is -2.15. The molecule has 9 nitrogen and oxygen atoms in total. The van der Waals surface area contributed by atoms with Gasteiger partial charge in [0.25, 0.3) is 10.8 Å². The van der Waals surface area contributed by atoms with Gasteiger partial charge in [-0.15, -0.1) is 0 Å². The number of epoxide rings is 1. The Bertz CT molecular complexity index is 769. The van der Waals surface area contributed by atoms with Crippen molar-refractivity contribution >= 4 is 23.3 Å². The van der Waals surface area contributed by atoms with Crippen molar-refractivity contribution in [3.05, 3.63) is 50.7 Å². The van der Waals surface area contributed by atoms with Crippen molar-refractivity contribution in [3.8, 4) is 0 Å². The van der Waals surface area contributed by atoms with Crippen molar-refractivity contribution in [1.29, 1.82) is 0 Å². The maximum Gasteiger partial charge on any atom is 0.382 e. The number of non-ortho nitro benzene ring substituents is 1. The van der Waals surface area contributed by atoms with Crippen molar-refractivity contribution in [2.75, 3.05) is 6.61 Å². The number of imidazole rings is 1. The molecule has 1 fully saturated rings. The zero-order valence-electron chi connectivity index (χ0n) is 12.0. The molecule has 0 saturated carbocycles. The van der Waals surface area contributed by atoms with Gasteiger partial charge in [-0.2, -0.15) is 0 Å². The predicted octanol–water partition coefficient (Wildman–Crippen LogP) is 2.64. The van der Waals surface area contributed by atoms with E-state index in [1.54, 1.807) is 16.7 Å². The van der Waals surface area contributed by atoms with Gasteiger partial charge in [-0.1, -0.05) is 0 Å². The summed E-state index contributed by atoms with van der Waals surface area (Å²) in [7, 11) is 0. The van der Waals surface area contributed by atoms with E-state index in [1.807, 2.05) is 6.92 Å². The quantitative estimate of drug-likeness (QED) is 0.452. The highest BCUT2D eigenvalue weighted by Crippen LogP contribution is 2.34. The fourth-order valence-electron chi connectivity index (χ4n) is 1.98. The van der Waals surface area contributed by atoms with Crippen LogP contribution in [-0.4, -0.2) is 31.6 Å². The van der Waals surface area contributed by atoms with E-state index < -0.39 is 9.85 Å². The Morgan fingerprint density at radius 3 is 2.48 bits per heavy atom. The molecule has 1 aromatic heterocycles. The van der Waals surface area contributed by atoms with E-state index in [4.69, 9.17) is 4.74 Å². The Balaban J connectivity index is 1.85. The van der Waals surface area contributed by atoms with Crippen molar-refractivity contribution < 1.29 is 14.6 Å². The molecule has 0 spiro atoms. The second-order valence-electron chi connectivity index (χ2n) is 5.36. The van der Waals surface area contributed by atoms with Crippen LogP contribution < -0.4 is 0 Å². The molecule has 0 aliphatic carbocycles. The molecule has 2 aromatic rings. The van der Waals surface area contributed by atoms with Crippen LogP contribution >= 0.6 is 11.8 Å². The highest BCUT2D eigenvalue weighted by atomic mass is 32.2. The molecule has 0 N–H and O–H groups in total. The van der Waals surface area contributed by atoms with E-state index in [0.717, 1.165) is 0 Å². The van der Waals surface area contributed by atoms with Crippen LogP contribution in [0, 0.1) is 20.2 Å². The summed E-state index contributed by atoms with van der Waals surface area (Å²) in [6.07, 6.45) is 1.38. The summed E-state index contributed by atoms with van der Waals surface area (Å²) in [6, 6.07) is 5.94. The van der Waals surface area contributed by atoms with E-state index >= 15 is 0 Å². The molecule has 23 heavy (non-hydrogen) atoms. The summed E-state index contributed by atoms with van der Waals surface area (Å²) < 4.78 is 6.99. The number of ether oxygens (including phenoxy) is 1. The van der Waals surface area contributed by atoms with E-state index in [0.29, 0.717) is 23.2 Å². The molecular formula is C13H12N4O5S. The molecular weight excluding hydrogens is 324 g/mol. The fraction of sp³-hybridized carbons (Fsp3) is 0.308. The number of nitro groups is 2. The van der Waals surface area contributed by atoms with Crippen molar-refractivity contribution in [2.45, 2.75) is 29.1 Å². The first-order valence-corrected chi connectivity index (χ1v) is 7.46. The van der Waals surface area contributed by atoms with Crippen LogP contribution in [0.1, 0.15) is 6.92 Å². The van der Waals surface area contributed by atoms with E-state index in [2.05, 4.69) is 4.98 Å². The van der Waals surface area contributed by atoms with Gasteiger partial charge in [0, 0.05) is 17.0 Å². The maximum atomic E-state index is 10.9. The van der Waals surface area contributed by atoms with Crippen LogP contribution in [0.15, 0.2) is 40.5 Å². The first-order chi connectivity index (χ1) is 10.9. The molecule has 0 unspecified atom stereocenters. The molecule has 1 atom stereocenters. The minimum Gasteiger partial charge on any atom is -0.368 e. The van der Waals surface area contributed by atoms with Crippen LogP contribution in [0.3, 0.4) is 0 Å². The standard InChI is InChI=1S/C13H12N4O5S/c1-13(8-22-13)7-15-6-11(17(20)21)14-12(15)23-10-4-2-9(3-5-10)16(18)19/h2-6H,7-8H2,1H3/t13-/m1/s1. The van der Waals surface area contributed by atoms with Crippen LogP contribution in [0.5, 0.6) is 0 Å². The molecule has 3 rings (SSSR count). The number of nitrogens with zero attached hydrogens (tertiary/aromatic N) is 4. The second kappa shape index (κ2) is 5.63. The Labute approximate surface area is 134 Å². The SMILES string of the molecule is C[C@@]1(Cn2cc([N+](=O)[O-])nc2Sc2ccc([N+](=O)[O-])cc2)CO1. The number of hydrogen-bond donors (Lipinski definition) is 0. The lowest BCUT2D eigenvalue weighted by atomic mass is 10.2. The van der Waals surface area contributed by atoms with Crippen LogP contribution in [0.2, 0.25) is 0 Å². The second-order valence-corrected chi connectivity index (χ2v) is 6.40. The lowest BCUT2D eigenvalue weighted by Gasteiger charge is -2.07. The van der Waals surface area contributed by atoms with Crippen molar-refractivity contribution in [2.24, 2.45) is 0 Å². The van der Waals surface area contributed by atoms with Gasteiger partial charge in [-0.25, -0.2) is 0 Å². The molecule has 0 amide bonds. The Morgan fingerprint density at radius 2 is 1.96 bits per heavy atom. The van der Waals surface area contributed by atoms with Crippen LogP contribution in [0.4, 0.5) is 11.5 Å². The van der Waals surface area contributed by atoms with Gasteiger partial charge in [-0.05, 0) is 40.7 Å².